The molecule has 3 unspecified atom stereocenters. The van der Waals surface area contributed by atoms with Crippen LogP contribution in [0, 0.1) is 11.8 Å². The lowest BCUT2D eigenvalue weighted by molar-refractivity contribution is 0.252. The van der Waals surface area contributed by atoms with E-state index in [1.807, 2.05) is 0 Å². The summed E-state index contributed by atoms with van der Waals surface area (Å²) in [6.45, 7) is 0.293. The van der Waals surface area contributed by atoms with Crippen LogP contribution in [-0.4, -0.2) is 23.8 Å². The number of rotatable bonds is 4. The summed E-state index contributed by atoms with van der Waals surface area (Å²) in [4.78, 5) is 0. The Labute approximate surface area is 97.4 Å². The molecule has 16 heavy (non-hydrogen) atoms. The zero-order valence-corrected chi connectivity index (χ0v) is 9.73. The molecule has 0 aromatic heterocycles. The van der Waals surface area contributed by atoms with Crippen LogP contribution < -0.4 is 5.32 Å². The van der Waals surface area contributed by atoms with E-state index >= 15 is 0 Å². The second kappa shape index (κ2) is 4.34. The Morgan fingerprint density at radius 1 is 1.38 bits per heavy atom. The lowest BCUT2D eigenvalue weighted by atomic mass is 9.92. The van der Waals surface area contributed by atoms with Crippen LogP contribution >= 0.6 is 0 Å². The number of nitrogens with one attached hydrogen (secondary N) is 1. The van der Waals surface area contributed by atoms with E-state index in [0.717, 1.165) is 24.4 Å². The van der Waals surface area contributed by atoms with Crippen molar-refractivity contribution in [3.8, 4) is 0 Å². The van der Waals surface area contributed by atoms with Gasteiger partial charge in [0, 0.05) is 30.5 Å². The first-order chi connectivity index (χ1) is 7.86. The Morgan fingerprint density at radius 3 is 2.94 bits per heavy atom. The molecule has 0 aliphatic heterocycles. The Hall–Kier alpha value is -0.600. The van der Waals surface area contributed by atoms with Gasteiger partial charge >= 0.3 is 0 Å². The van der Waals surface area contributed by atoms with Crippen molar-refractivity contribution in [1.29, 1.82) is 0 Å². The van der Waals surface area contributed by atoms with Gasteiger partial charge in [0.1, 0.15) is 0 Å². The van der Waals surface area contributed by atoms with Crippen LogP contribution in [0.15, 0.2) is 23.8 Å². The van der Waals surface area contributed by atoms with Gasteiger partial charge in [-0.2, -0.15) is 0 Å². The standard InChI is InChI=1S/C14H21NO/c16-9-10-3-1-4-11(7-10)13-8-14(13)15-12-5-2-6-12/h1,4,7,10,12-16H,2-3,5-6,8-9H2. The molecule has 3 aliphatic rings. The number of aliphatic hydroxyl groups excluding tert-OH is 1. The number of hydrogen-bond acceptors (Lipinski definition) is 2. The van der Waals surface area contributed by atoms with Crippen molar-refractivity contribution < 1.29 is 5.11 Å². The molecule has 2 N–H and O–H groups in total. The molecule has 0 radical (unpaired) electrons. The summed E-state index contributed by atoms with van der Waals surface area (Å²) < 4.78 is 0. The molecule has 2 heteroatoms. The zero-order chi connectivity index (χ0) is 11.0. The fourth-order valence-corrected chi connectivity index (χ4v) is 2.77. The molecule has 0 amide bonds. The van der Waals surface area contributed by atoms with E-state index < -0.39 is 0 Å². The maximum absolute atomic E-state index is 9.18. The van der Waals surface area contributed by atoms with Gasteiger partial charge in [-0.05, 0) is 31.3 Å². The molecule has 3 aliphatic carbocycles. The lowest BCUT2D eigenvalue weighted by Gasteiger charge is -2.27. The van der Waals surface area contributed by atoms with E-state index in [-0.39, 0.29) is 0 Å². The maximum atomic E-state index is 9.18. The Bertz CT molecular complexity index is 317. The summed E-state index contributed by atoms with van der Waals surface area (Å²) in [7, 11) is 0. The summed E-state index contributed by atoms with van der Waals surface area (Å²) in [5.74, 6) is 1.09. The first-order valence-corrected chi connectivity index (χ1v) is 6.62. The second-order valence-electron chi connectivity index (χ2n) is 5.49. The first-order valence-electron chi connectivity index (χ1n) is 6.62. The Balaban J connectivity index is 1.54. The summed E-state index contributed by atoms with van der Waals surface area (Å²) in [6.07, 6.45) is 13.2. The van der Waals surface area contributed by atoms with Crippen LogP contribution in [0.2, 0.25) is 0 Å². The average Bonchev–Trinajstić information content (AvgIpc) is 3.03. The van der Waals surface area contributed by atoms with Crippen LogP contribution in [0.4, 0.5) is 0 Å². The van der Waals surface area contributed by atoms with Gasteiger partial charge in [0.2, 0.25) is 0 Å². The van der Waals surface area contributed by atoms with Crippen molar-refractivity contribution >= 4 is 0 Å². The number of hydrogen-bond donors (Lipinski definition) is 2. The largest absolute Gasteiger partial charge is 0.396 e. The zero-order valence-electron chi connectivity index (χ0n) is 9.73. The highest BCUT2D eigenvalue weighted by molar-refractivity contribution is 5.32. The minimum atomic E-state index is 0.293. The molecular formula is C14H21NO. The van der Waals surface area contributed by atoms with Gasteiger partial charge in [0.25, 0.3) is 0 Å². The van der Waals surface area contributed by atoms with E-state index in [1.165, 1.54) is 31.3 Å². The van der Waals surface area contributed by atoms with Crippen LogP contribution in [0.25, 0.3) is 0 Å². The van der Waals surface area contributed by atoms with E-state index in [9.17, 15) is 5.11 Å². The third kappa shape index (κ3) is 2.09. The summed E-state index contributed by atoms with van der Waals surface area (Å²) in [5.41, 5.74) is 1.46. The van der Waals surface area contributed by atoms with E-state index in [2.05, 4.69) is 23.5 Å². The van der Waals surface area contributed by atoms with Crippen LogP contribution in [0.1, 0.15) is 32.1 Å². The molecule has 0 spiro atoms. The fraction of sp³-hybridized carbons (Fsp3) is 0.714. The minimum absolute atomic E-state index is 0.293. The molecule has 0 bridgehead atoms. The third-order valence-electron chi connectivity index (χ3n) is 4.19. The first kappa shape index (κ1) is 10.5. The summed E-state index contributed by atoms with van der Waals surface area (Å²) in [5, 5.41) is 12.9. The lowest BCUT2D eigenvalue weighted by Crippen LogP contribution is -2.37. The molecule has 2 fully saturated rings. The smallest absolute Gasteiger partial charge is 0.0496 e. The highest BCUT2D eigenvalue weighted by atomic mass is 16.3. The van der Waals surface area contributed by atoms with E-state index in [4.69, 9.17) is 0 Å². The molecule has 2 saturated carbocycles. The van der Waals surface area contributed by atoms with Gasteiger partial charge < -0.3 is 10.4 Å². The highest BCUT2D eigenvalue weighted by Crippen LogP contribution is 2.41. The van der Waals surface area contributed by atoms with Crippen molar-refractivity contribution in [2.75, 3.05) is 6.61 Å². The molecular weight excluding hydrogens is 198 g/mol. The second-order valence-corrected chi connectivity index (χ2v) is 5.49. The van der Waals surface area contributed by atoms with Gasteiger partial charge in [-0.3, -0.25) is 0 Å². The fourth-order valence-electron chi connectivity index (χ4n) is 2.77. The third-order valence-corrected chi connectivity index (χ3v) is 4.19. The topological polar surface area (TPSA) is 32.3 Å². The Morgan fingerprint density at radius 2 is 2.25 bits per heavy atom. The van der Waals surface area contributed by atoms with Crippen molar-refractivity contribution in [2.45, 2.75) is 44.2 Å². The predicted octanol–water partition coefficient (Wildman–Crippen LogP) is 2.01. The molecule has 88 valence electrons. The quantitative estimate of drug-likeness (QED) is 0.758. The minimum Gasteiger partial charge on any atom is -0.396 e. The van der Waals surface area contributed by atoms with Crippen molar-refractivity contribution in [3.63, 3.8) is 0 Å². The highest BCUT2D eigenvalue weighted by Gasteiger charge is 2.41. The van der Waals surface area contributed by atoms with Gasteiger partial charge in [-0.15, -0.1) is 0 Å². The SMILES string of the molecule is OCC1C=C(C2CC2NC2CCC2)C=CC1. The van der Waals surface area contributed by atoms with Gasteiger partial charge in [-0.1, -0.05) is 24.6 Å². The molecule has 3 atom stereocenters. The molecule has 2 nitrogen and oxygen atoms in total. The van der Waals surface area contributed by atoms with E-state index in [1.54, 1.807) is 0 Å². The number of allylic oxidation sites excluding steroid dienone is 2. The van der Waals surface area contributed by atoms with Crippen LogP contribution in [0.5, 0.6) is 0 Å². The van der Waals surface area contributed by atoms with Crippen LogP contribution in [-0.2, 0) is 0 Å². The summed E-state index contributed by atoms with van der Waals surface area (Å²) >= 11 is 0. The van der Waals surface area contributed by atoms with Crippen molar-refractivity contribution in [3.05, 3.63) is 23.8 Å². The normalized spacial score (nSPS) is 38.1. The molecule has 3 rings (SSSR count). The Kier molecular flexibility index (Phi) is 2.86. The van der Waals surface area contributed by atoms with Crippen molar-refractivity contribution in [1.82, 2.24) is 5.32 Å². The molecule has 0 saturated heterocycles. The van der Waals surface area contributed by atoms with Gasteiger partial charge in [-0.25, -0.2) is 0 Å². The molecule has 0 heterocycles. The average molecular weight is 219 g/mol. The van der Waals surface area contributed by atoms with Crippen molar-refractivity contribution in [2.24, 2.45) is 11.8 Å². The van der Waals surface area contributed by atoms with E-state index in [0.29, 0.717) is 12.5 Å². The van der Waals surface area contributed by atoms with Gasteiger partial charge in [0.15, 0.2) is 0 Å². The monoisotopic (exact) mass is 219 g/mol. The number of aliphatic hydroxyl groups is 1. The molecule has 0 aromatic carbocycles. The van der Waals surface area contributed by atoms with Gasteiger partial charge in [0.05, 0.1) is 0 Å². The predicted molar refractivity (Wildman–Crippen MR) is 65.1 cm³/mol. The summed E-state index contributed by atoms with van der Waals surface area (Å²) in [6, 6.07) is 1.52. The molecule has 0 aromatic rings. The van der Waals surface area contributed by atoms with Crippen LogP contribution in [0.3, 0.4) is 0 Å². The maximum Gasteiger partial charge on any atom is 0.0496 e.